The SMILES string of the molecule is CCCNC(=O)c1cccc(CN=C(NCC)NCC(C)(O)c2ccccc2)c1. The Balaban J connectivity index is 2.03. The van der Waals surface area contributed by atoms with Crippen LogP contribution in [0, 0.1) is 0 Å². The van der Waals surface area contributed by atoms with Crippen LogP contribution in [0.2, 0.25) is 0 Å². The summed E-state index contributed by atoms with van der Waals surface area (Å²) >= 11 is 0. The molecule has 1 atom stereocenters. The molecule has 0 heterocycles. The molecule has 0 aliphatic rings. The molecule has 29 heavy (non-hydrogen) atoms. The first-order valence-corrected chi connectivity index (χ1v) is 10.1. The summed E-state index contributed by atoms with van der Waals surface area (Å²) in [4.78, 5) is 16.7. The minimum absolute atomic E-state index is 0.0679. The Kier molecular flexibility index (Phi) is 8.68. The summed E-state index contributed by atoms with van der Waals surface area (Å²) in [5, 5.41) is 20.0. The van der Waals surface area contributed by atoms with Crippen molar-refractivity contribution in [1.29, 1.82) is 0 Å². The predicted molar refractivity (Wildman–Crippen MR) is 118 cm³/mol. The number of rotatable bonds is 9. The van der Waals surface area contributed by atoms with Gasteiger partial charge < -0.3 is 21.1 Å². The van der Waals surface area contributed by atoms with Crippen LogP contribution in [0.3, 0.4) is 0 Å². The van der Waals surface area contributed by atoms with Gasteiger partial charge in [-0.15, -0.1) is 0 Å². The van der Waals surface area contributed by atoms with Gasteiger partial charge in [0.05, 0.1) is 13.1 Å². The number of nitrogens with zero attached hydrogens (tertiary/aromatic N) is 1. The van der Waals surface area contributed by atoms with Crippen molar-refractivity contribution in [2.75, 3.05) is 19.6 Å². The first-order chi connectivity index (χ1) is 14.0. The van der Waals surface area contributed by atoms with Gasteiger partial charge in [-0.05, 0) is 43.5 Å². The van der Waals surface area contributed by atoms with Crippen molar-refractivity contribution < 1.29 is 9.90 Å². The van der Waals surface area contributed by atoms with Gasteiger partial charge in [0.2, 0.25) is 0 Å². The van der Waals surface area contributed by atoms with E-state index in [-0.39, 0.29) is 5.91 Å². The maximum Gasteiger partial charge on any atom is 0.251 e. The minimum atomic E-state index is -1.02. The largest absolute Gasteiger partial charge is 0.384 e. The lowest BCUT2D eigenvalue weighted by atomic mass is 9.96. The Labute approximate surface area is 173 Å². The van der Waals surface area contributed by atoms with E-state index in [1.54, 1.807) is 13.0 Å². The number of carbonyl (C=O) groups excluding carboxylic acids is 1. The number of hydrogen-bond donors (Lipinski definition) is 4. The Morgan fingerprint density at radius 1 is 1.03 bits per heavy atom. The van der Waals surface area contributed by atoms with Crippen LogP contribution < -0.4 is 16.0 Å². The smallest absolute Gasteiger partial charge is 0.251 e. The summed E-state index contributed by atoms with van der Waals surface area (Å²) in [6.07, 6.45) is 0.903. The molecular weight excluding hydrogens is 364 g/mol. The molecule has 0 saturated carbocycles. The average Bonchev–Trinajstić information content (AvgIpc) is 2.75. The van der Waals surface area contributed by atoms with Crippen LogP contribution >= 0.6 is 0 Å². The molecule has 1 amide bonds. The van der Waals surface area contributed by atoms with Gasteiger partial charge in [0.25, 0.3) is 5.91 Å². The number of hydrogen-bond acceptors (Lipinski definition) is 3. The van der Waals surface area contributed by atoms with Crippen LogP contribution in [0.25, 0.3) is 0 Å². The van der Waals surface area contributed by atoms with Crippen molar-refractivity contribution in [3.8, 4) is 0 Å². The van der Waals surface area contributed by atoms with Gasteiger partial charge in [0.15, 0.2) is 5.96 Å². The Hall–Kier alpha value is -2.86. The molecule has 0 fully saturated rings. The number of nitrogens with one attached hydrogen (secondary N) is 3. The standard InChI is InChI=1S/C23H32N4O2/c1-4-14-25-21(28)19-11-9-10-18(15-19)16-26-22(24-5-2)27-17-23(3,29)20-12-7-6-8-13-20/h6-13,15,29H,4-5,14,16-17H2,1-3H3,(H,25,28)(H2,24,26,27). The van der Waals surface area contributed by atoms with Crippen molar-refractivity contribution in [3.63, 3.8) is 0 Å². The second kappa shape index (κ2) is 11.2. The molecule has 0 bridgehead atoms. The number of benzene rings is 2. The Morgan fingerprint density at radius 3 is 2.48 bits per heavy atom. The van der Waals surface area contributed by atoms with Gasteiger partial charge in [-0.3, -0.25) is 4.79 Å². The monoisotopic (exact) mass is 396 g/mol. The molecular formula is C23H32N4O2. The highest BCUT2D eigenvalue weighted by Gasteiger charge is 2.22. The minimum Gasteiger partial charge on any atom is -0.384 e. The third-order valence-electron chi connectivity index (χ3n) is 4.48. The van der Waals surface area contributed by atoms with Crippen LogP contribution in [0.15, 0.2) is 59.6 Å². The lowest BCUT2D eigenvalue weighted by molar-refractivity contribution is 0.0617. The van der Waals surface area contributed by atoms with Crippen molar-refractivity contribution in [2.24, 2.45) is 4.99 Å². The first kappa shape index (κ1) is 22.4. The number of aliphatic hydroxyl groups is 1. The number of guanidine groups is 1. The van der Waals surface area contributed by atoms with Gasteiger partial charge in [0, 0.05) is 18.7 Å². The molecule has 2 rings (SSSR count). The number of aliphatic imine (C=N–C) groups is 1. The van der Waals surface area contributed by atoms with Gasteiger partial charge in [-0.1, -0.05) is 49.4 Å². The van der Waals surface area contributed by atoms with E-state index in [4.69, 9.17) is 0 Å². The molecule has 6 heteroatoms. The summed E-state index contributed by atoms with van der Waals surface area (Å²) in [5.74, 6) is 0.547. The quantitative estimate of drug-likeness (QED) is 0.388. The Morgan fingerprint density at radius 2 is 1.79 bits per heavy atom. The average molecular weight is 397 g/mol. The van der Waals surface area contributed by atoms with E-state index in [0.29, 0.717) is 37.7 Å². The predicted octanol–water partition coefficient (Wildman–Crippen LogP) is 2.79. The first-order valence-electron chi connectivity index (χ1n) is 10.1. The molecule has 0 aromatic heterocycles. The van der Waals surface area contributed by atoms with Crippen LogP contribution in [-0.4, -0.2) is 36.6 Å². The molecule has 0 radical (unpaired) electrons. The summed E-state index contributed by atoms with van der Waals surface area (Å²) in [5.41, 5.74) is 1.40. The highest BCUT2D eigenvalue weighted by Crippen LogP contribution is 2.18. The molecule has 2 aromatic rings. The van der Waals surface area contributed by atoms with E-state index in [9.17, 15) is 9.90 Å². The summed E-state index contributed by atoms with van der Waals surface area (Å²) in [6, 6.07) is 17.0. The topological polar surface area (TPSA) is 85.8 Å². The molecule has 2 aromatic carbocycles. The molecule has 156 valence electrons. The third kappa shape index (κ3) is 7.23. The van der Waals surface area contributed by atoms with E-state index in [0.717, 1.165) is 17.5 Å². The van der Waals surface area contributed by atoms with Crippen LogP contribution in [0.1, 0.15) is 48.7 Å². The van der Waals surface area contributed by atoms with Gasteiger partial charge in [-0.2, -0.15) is 0 Å². The van der Waals surface area contributed by atoms with Gasteiger partial charge in [0.1, 0.15) is 5.60 Å². The maximum absolute atomic E-state index is 12.1. The van der Waals surface area contributed by atoms with E-state index >= 15 is 0 Å². The second-order valence-electron chi connectivity index (χ2n) is 7.14. The number of amides is 1. The Bertz CT molecular complexity index is 804. The van der Waals surface area contributed by atoms with Crippen LogP contribution in [0.5, 0.6) is 0 Å². The van der Waals surface area contributed by atoms with Crippen molar-refractivity contribution >= 4 is 11.9 Å². The van der Waals surface area contributed by atoms with E-state index in [1.165, 1.54) is 0 Å². The second-order valence-corrected chi connectivity index (χ2v) is 7.14. The molecule has 0 aliphatic heterocycles. The summed E-state index contributed by atoms with van der Waals surface area (Å²) in [6.45, 7) is 7.91. The zero-order chi connectivity index (χ0) is 21.1. The molecule has 0 spiro atoms. The summed E-state index contributed by atoms with van der Waals surface area (Å²) in [7, 11) is 0. The maximum atomic E-state index is 12.1. The molecule has 0 saturated heterocycles. The van der Waals surface area contributed by atoms with Crippen molar-refractivity contribution in [3.05, 3.63) is 71.3 Å². The zero-order valence-electron chi connectivity index (χ0n) is 17.5. The fraction of sp³-hybridized carbons (Fsp3) is 0.391. The fourth-order valence-electron chi connectivity index (χ4n) is 2.82. The molecule has 6 nitrogen and oxygen atoms in total. The van der Waals surface area contributed by atoms with Crippen molar-refractivity contribution in [1.82, 2.24) is 16.0 Å². The highest BCUT2D eigenvalue weighted by atomic mass is 16.3. The van der Waals surface area contributed by atoms with Gasteiger partial charge in [-0.25, -0.2) is 4.99 Å². The highest BCUT2D eigenvalue weighted by molar-refractivity contribution is 5.94. The van der Waals surface area contributed by atoms with E-state index in [1.807, 2.05) is 62.4 Å². The summed E-state index contributed by atoms with van der Waals surface area (Å²) < 4.78 is 0. The lowest BCUT2D eigenvalue weighted by Crippen LogP contribution is -2.44. The number of carbonyl (C=O) groups is 1. The fourth-order valence-corrected chi connectivity index (χ4v) is 2.82. The zero-order valence-corrected chi connectivity index (χ0v) is 17.5. The normalized spacial score (nSPS) is 13.4. The molecule has 1 unspecified atom stereocenters. The van der Waals surface area contributed by atoms with Gasteiger partial charge >= 0.3 is 0 Å². The van der Waals surface area contributed by atoms with Crippen LogP contribution in [-0.2, 0) is 12.1 Å². The molecule has 0 aliphatic carbocycles. The van der Waals surface area contributed by atoms with Crippen LogP contribution in [0.4, 0.5) is 0 Å². The molecule has 4 N–H and O–H groups in total. The van der Waals surface area contributed by atoms with E-state index in [2.05, 4.69) is 20.9 Å². The lowest BCUT2D eigenvalue weighted by Gasteiger charge is -2.25. The van der Waals surface area contributed by atoms with E-state index < -0.39 is 5.60 Å². The third-order valence-corrected chi connectivity index (χ3v) is 4.48. The van der Waals surface area contributed by atoms with Crippen molar-refractivity contribution in [2.45, 2.75) is 39.3 Å².